The molecule has 0 bridgehead atoms. The molecule has 2 N–H and O–H groups in total. The predicted octanol–water partition coefficient (Wildman–Crippen LogP) is 3.15. The van der Waals surface area contributed by atoms with E-state index < -0.39 is 6.04 Å². The number of piperidine rings is 1. The number of hydrogen-bond acceptors (Lipinski definition) is 6. The molecule has 156 valence electrons. The molecule has 8 heteroatoms. The van der Waals surface area contributed by atoms with Gasteiger partial charge in [0.2, 0.25) is 5.91 Å². The zero-order valence-electron chi connectivity index (χ0n) is 16.7. The van der Waals surface area contributed by atoms with Crippen LogP contribution in [0.1, 0.15) is 40.8 Å². The Labute approximate surface area is 174 Å². The maximum atomic E-state index is 13.0. The van der Waals surface area contributed by atoms with Crippen LogP contribution in [-0.4, -0.2) is 41.0 Å². The van der Waals surface area contributed by atoms with E-state index in [1.807, 2.05) is 30.3 Å². The van der Waals surface area contributed by atoms with Gasteiger partial charge in [0, 0.05) is 25.2 Å². The average molecular weight is 408 g/mol. The number of anilines is 1. The van der Waals surface area contributed by atoms with Crippen LogP contribution < -0.4 is 10.6 Å². The molecule has 3 heterocycles. The van der Waals surface area contributed by atoms with Gasteiger partial charge in [-0.25, -0.2) is 0 Å². The fraction of sp³-hybridized carbons (Fsp3) is 0.318. The number of likely N-dealkylation sites (tertiary alicyclic amines) is 1. The normalized spacial score (nSPS) is 15.7. The van der Waals surface area contributed by atoms with Gasteiger partial charge < -0.3 is 19.2 Å². The largest absolute Gasteiger partial charge is 0.459 e. The first-order valence-corrected chi connectivity index (χ1v) is 9.98. The molecule has 4 rings (SSSR count). The summed E-state index contributed by atoms with van der Waals surface area (Å²) in [5.41, 5.74) is 0.865. The van der Waals surface area contributed by atoms with Crippen molar-refractivity contribution in [1.29, 1.82) is 0 Å². The summed E-state index contributed by atoms with van der Waals surface area (Å²) in [6.45, 7) is 2.97. The molecule has 0 spiro atoms. The molecule has 1 atom stereocenters. The molecule has 1 aliphatic rings. The molecular weight excluding hydrogens is 384 g/mol. The van der Waals surface area contributed by atoms with Crippen LogP contribution in [0.25, 0.3) is 0 Å². The molecule has 1 fully saturated rings. The fourth-order valence-electron chi connectivity index (χ4n) is 3.63. The third-order valence-corrected chi connectivity index (χ3v) is 5.19. The van der Waals surface area contributed by atoms with Gasteiger partial charge in [0.05, 0.1) is 6.26 Å². The minimum Gasteiger partial charge on any atom is -0.459 e. The molecule has 3 aromatic rings. The Bertz CT molecular complexity index is 976. The van der Waals surface area contributed by atoms with Gasteiger partial charge in [-0.1, -0.05) is 35.5 Å². The second-order valence-corrected chi connectivity index (χ2v) is 7.37. The van der Waals surface area contributed by atoms with E-state index in [1.165, 1.54) is 6.26 Å². The van der Waals surface area contributed by atoms with Crippen molar-refractivity contribution in [2.75, 3.05) is 18.4 Å². The van der Waals surface area contributed by atoms with Crippen molar-refractivity contribution in [3.63, 3.8) is 0 Å². The lowest BCUT2D eigenvalue weighted by Crippen LogP contribution is -2.47. The van der Waals surface area contributed by atoms with Crippen molar-refractivity contribution < 1.29 is 18.5 Å². The van der Waals surface area contributed by atoms with E-state index in [0.29, 0.717) is 30.4 Å². The summed E-state index contributed by atoms with van der Waals surface area (Å²) in [6.07, 6.45) is 2.99. The Morgan fingerprint density at radius 3 is 2.53 bits per heavy atom. The quantitative estimate of drug-likeness (QED) is 0.650. The Hall–Kier alpha value is -3.39. The number of aryl methyl sites for hydroxylation is 1. The number of furan rings is 1. The molecular formula is C22H24N4O4. The molecule has 30 heavy (non-hydrogen) atoms. The number of hydrogen-bond donors (Lipinski definition) is 2. The van der Waals surface area contributed by atoms with Gasteiger partial charge in [-0.2, -0.15) is 0 Å². The second-order valence-electron chi connectivity index (χ2n) is 7.37. The van der Waals surface area contributed by atoms with Crippen LogP contribution in [0, 0.1) is 6.92 Å². The summed E-state index contributed by atoms with van der Waals surface area (Å²) in [4.78, 5) is 27.2. The minimum atomic E-state index is -0.541. The number of carbonyl (C=O) groups is 2. The van der Waals surface area contributed by atoms with Gasteiger partial charge in [-0.05, 0) is 37.5 Å². The highest BCUT2D eigenvalue weighted by Gasteiger charge is 2.29. The molecule has 0 unspecified atom stereocenters. The van der Waals surface area contributed by atoms with Gasteiger partial charge in [0.1, 0.15) is 11.8 Å². The van der Waals surface area contributed by atoms with Crippen LogP contribution in [0.5, 0.6) is 0 Å². The number of aromatic nitrogens is 1. The van der Waals surface area contributed by atoms with E-state index in [9.17, 15) is 9.59 Å². The van der Waals surface area contributed by atoms with Crippen molar-refractivity contribution in [2.45, 2.75) is 31.8 Å². The monoisotopic (exact) mass is 408 g/mol. The Morgan fingerprint density at radius 2 is 1.90 bits per heavy atom. The van der Waals surface area contributed by atoms with E-state index in [1.54, 1.807) is 30.0 Å². The fourth-order valence-corrected chi connectivity index (χ4v) is 3.63. The van der Waals surface area contributed by atoms with Gasteiger partial charge >= 0.3 is 0 Å². The van der Waals surface area contributed by atoms with Crippen LogP contribution in [0.3, 0.4) is 0 Å². The number of nitrogens with zero attached hydrogens (tertiary/aromatic N) is 2. The van der Waals surface area contributed by atoms with Crippen LogP contribution in [0.2, 0.25) is 0 Å². The first-order valence-electron chi connectivity index (χ1n) is 9.98. The molecule has 0 aliphatic carbocycles. The third-order valence-electron chi connectivity index (χ3n) is 5.19. The molecule has 8 nitrogen and oxygen atoms in total. The summed E-state index contributed by atoms with van der Waals surface area (Å²) < 4.78 is 10.2. The van der Waals surface area contributed by atoms with E-state index >= 15 is 0 Å². The number of amides is 2. The Morgan fingerprint density at radius 1 is 1.13 bits per heavy atom. The summed E-state index contributed by atoms with van der Waals surface area (Å²) in [6, 6.07) is 14.2. The zero-order valence-corrected chi connectivity index (χ0v) is 16.7. The maximum absolute atomic E-state index is 13.0. The van der Waals surface area contributed by atoms with Gasteiger partial charge in [0.25, 0.3) is 5.91 Å². The number of rotatable bonds is 6. The number of nitrogens with one attached hydrogen (secondary N) is 2. The minimum absolute atomic E-state index is 0.0978. The highest BCUT2D eigenvalue weighted by molar-refractivity contribution is 5.95. The van der Waals surface area contributed by atoms with Crippen molar-refractivity contribution in [2.24, 2.45) is 0 Å². The van der Waals surface area contributed by atoms with Crippen LogP contribution in [0.15, 0.2) is 63.7 Å². The van der Waals surface area contributed by atoms with E-state index in [4.69, 9.17) is 8.94 Å². The molecule has 2 aromatic heterocycles. The van der Waals surface area contributed by atoms with Crippen molar-refractivity contribution >= 4 is 17.6 Å². The summed E-state index contributed by atoms with van der Waals surface area (Å²) >= 11 is 0. The van der Waals surface area contributed by atoms with Crippen molar-refractivity contribution in [3.05, 3.63) is 71.9 Å². The van der Waals surface area contributed by atoms with E-state index in [0.717, 1.165) is 18.4 Å². The predicted molar refractivity (Wildman–Crippen MR) is 110 cm³/mol. The highest BCUT2D eigenvalue weighted by atomic mass is 16.5. The molecule has 1 aromatic carbocycles. The summed E-state index contributed by atoms with van der Waals surface area (Å²) in [7, 11) is 0. The first-order chi connectivity index (χ1) is 14.6. The second kappa shape index (κ2) is 8.96. The SMILES string of the molecule is Cc1cc(NC(=O)[C@@H](NC2CCN(C(=O)c3ccco3)CC2)c2ccccc2)no1. The number of benzene rings is 1. The lowest BCUT2D eigenvalue weighted by Gasteiger charge is -2.34. The van der Waals surface area contributed by atoms with Crippen LogP contribution in [-0.2, 0) is 4.79 Å². The van der Waals surface area contributed by atoms with Crippen LogP contribution >= 0.6 is 0 Å². The Kier molecular flexibility index (Phi) is 5.94. The van der Waals surface area contributed by atoms with Gasteiger partial charge in [-0.15, -0.1) is 0 Å². The van der Waals surface area contributed by atoms with Gasteiger partial charge in [-0.3, -0.25) is 14.9 Å². The summed E-state index contributed by atoms with van der Waals surface area (Å²) in [5, 5.41) is 10.1. The third kappa shape index (κ3) is 4.60. The smallest absolute Gasteiger partial charge is 0.289 e. The summed E-state index contributed by atoms with van der Waals surface area (Å²) in [5.74, 6) is 1.06. The standard InChI is InChI=1S/C22H24N4O4/c1-15-14-19(25-30-15)24-21(27)20(16-6-3-2-4-7-16)23-17-9-11-26(12-10-17)22(28)18-8-5-13-29-18/h2-8,13-14,17,20,23H,9-12H2,1H3,(H,24,25,27)/t20-/m0/s1. The molecule has 0 radical (unpaired) electrons. The zero-order chi connectivity index (χ0) is 20.9. The van der Waals surface area contributed by atoms with Gasteiger partial charge in [0.15, 0.2) is 11.6 Å². The molecule has 2 amide bonds. The Balaban J connectivity index is 1.41. The van der Waals surface area contributed by atoms with E-state index in [2.05, 4.69) is 15.8 Å². The highest BCUT2D eigenvalue weighted by Crippen LogP contribution is 2.21. The molecule has 1 saturated heterocycles. The topological polar surface area (TPSA) is 101 Å². The number of carbonyl (C=O) groups excluding carboxylic acids is 2. The maximum Gasteiger partial charge on any atom is 0.289 e. The first kappa shape index (κ1) is 19.9. The average Bonchev–Trinajstić information content (AvgIpc) is 3.44. The van der Waals surface area contributed by atoms with Crippen molar-refractivity contribution in [1.82, 2.24) is 15.4 Å². The van der Waals surface area contributed by atoms with Crippen molar-refractivity contribution in [3.8, 4) is 0 Å². The molecule has 1 aliphatic heterocycles. The lowest BCUT2D eigenvalue weighted by atomic mass is 10.00. The molecule has 0 saturated carbocycles. The van der Waals surface area contributed by atoms with Crippen LogP contribution in [0.4, 0.5) is 5.82 Å². The van der Waals surface area contributed by atoms with E-state index in [-0.39, 0.29) is 17.9 Å². The lowest BCUT2D eigenvalue weighted by molar-refractivity contribution is -0.118.